The number of rotatable bonds is 5. The Labute approximate surface area is 155 Å². The van der Waals surface area contributed by atoms with Crippen LogP contribution in [0.1, 0.15) is 6.42 Å². The largest absolute Gasteiger partial charge is 0.344 e. The number of hydrogen-bond acceptors (Lipinski definition) is 4. The lowest BCUT2D eigenvalue weighted by molar-refractivity contribution is -0.168. The van der Waals surface area contributed by atoms with Crippen LogP contribution in [0.15, 0.2) is 46.1 Å². The third-order valence-electron chi connectivity index (χ3n) is 4.75. The number of amides is 1. The van der Waals surface area contributed by atoms with Crippen LogP contribution >= 0.6 is 0 Å². The quantitative estimate of drug-likeness (QED) is 0.631. The van der Waals surface area contributed by atoms with Crippen molar-refractivity contribution in [1.29, 1.82) is 0 Å². The SMILES string of the molecule is CON(C)C(=O)CCn1cc2c(c1-c1ccccc1)c(=O)n(C)c(=O)n2C. The Morgan fingerprint density at radius 2 is 1.78 bits per heavy atom. The molecule has 0 aliphatic heterocycles. The first-order chi connectivity index (χ1) is 12.9. The molecule has 1 amide bonds. The normalized spacial score (nSPS) is 11.1. The maximum Gasteiger partial charge on any atom is 0.330 e. The maximum absolute atomic E-state index is 12.8. The summed E-state index contributed by atoms with van der Waals surface area (Å²) in [5.74, 6) is -0.184. The summed E-state index contributed by atoms with van der Waals surface area (Å²) < 4.78 is 4.40. The molecule has 0 spiro atoms. The van der Waals surface area contributed by atoms with Gasteiger partial charge in [0.25, 0.3) is 5.56 Å². The van der Waals surface area contributed by atoms with Crippen LogP contribution in [0.4, 0.5) is 0 Å². The molecule has 0 N–H and O–H groups in total. The molecule has 0 bridgehead atoms. The number of fused-ring (bicyclic) bond motifs is 1. The molecule has 0 unspecified atom stereocenters. The van der Waals surface area contributed by atoms with E-state index in [1.54, 1.807) is 20.3 Å². The van der Waals surface area contributed by atoms with Crippen LogP contribution in [-0.2, 0) is 30.3 Å². The average molecular weight is 370 g/mol. The van der Waals surface area contributed by atoms with Crippen molar-refractivity contribution >= 4 is 16.8 Å². The van der Waals surface area contributed by atoms with Crippen molar-refractivity contribution in [2.24, 2.45) is 14.1 Å². The van der Waals surface area contributed by atoms with Gasteiger partial charge in [-0.3, -0.25) is 23.6 Å². The molecule has 0 saturated carbocycles. The molecule has 27 heavy (non-hydrogen) atoms. The van der Waals surface area contributed by atoms with E-state index in [4.69, 9.17) is 4.84 Å². The van der Waals surface area contributed by atoms with Gasteiger partial charge in [0.2, 0.25) is 5.91 Å². The van der Waals surface area contributed by atoms with Gasteiger partial charge in [0, 0.05) is 40.3 Å². The van der Waals surface area contributed by atoms with Crippen LogP contribution in [0, 0.1) is 0 Å². The van der Waals surface area contributed by atoms with Crippen molar-refractivity contribution in [2.45, 2.75) is 13.0 Å². The molecule has 2 heterocycles. The zero-order valence-electron chi connectivity index (χ0n) is 15.8. The van der Waals surface area contributed by atoms with E-state index >= 15 is 0 Å². The fraction of sp³-hybridized carbons (Fsp3) is 0.316. The predicted molar refractivity (Wildman–Crippen MR) is 102 cm³/mol. The summed E-state index contributed by atoms with van der Waals surface area (Å²) in [4.78, 5) is 42.2. The molecule has 3 aromatic rings. The molecule has 142 valence electrons. The Bertz CT molecular complexity index is 1110. The highest BCUT2D eigenvalue weighted by molar-refractivity contribution is 5.93. The van der Waals surface area contributed by atoms with Gasteiger partial charge in [-0.05, 0) is 5.56 Å². The van der Waals surface area contributed by atoms with Crippen LogP contribution in [0.25, 0.3) is 22.2 Å². The maximum atomic E-state index is 12.8. The Morgan fingerprint density at radius 3 is 2.41 bits per heavy atom. The van der Waals surface area contributed by atoms with Crippen molar-refractivity contribution < 1.29 is 9.63 Å². The molecule has 0 aliphatic rings. The van der Waals surface area contributed by atoms with Crippen LogP contribution in [0.3, 0.4) is 0 Å². The number of benzene rings is 1. The second-order valence-corrected chi connectivity index (χ2v) is 6.33. The second kappa shape index (κ2) is 7.24. The molecule has 8 heteroatoms. The third kappa shape index (κ3) is 3.19. The van der Waals surface area contributed by atoms with Crippen LogP contribution in [0.5, 0.6) is 0 Å². The summed E-state index contributed by atoms with van der Waals surface area (Å²) in [5, 5.41) is 1.62. The number of aromatic nitrogens is 3. The minimum atomic E-state index is -0.389. The van der Waals surface area contributed by atoms with E-state index in [0.29, 0.717) is 23.1 Å². The molecule has 0 fully saturated rings. The molecular formula is C19H22N4O4. The fourth-order valence-corrected chi connectivity index (χ4v) is 3.15. The van der Waals surface area contributed by atoms with E-state index < -0.39 is 0 Å². The van der Waals surface area contributed by atoms with E-state index in [1.807, 2.05) is 34.9 Å². The second-order valence-electron chi connectivity index (χ2n) is 6.33. The predicted octanol–water partition coefficient (Wildman–Crippen LogP) is 1.12. The minimum Gasteiger partial charge on any atom is -0.344 e. The highest BCUT2D eigenvalue weighted by atomic mass is 16.7. The Balaban J connectivity index is 2.23. The summed E-state index contributed by atoms with van der Waals surface area (Å²) in [5.41, 5.74) is 1.32. The standard InChI is InChI=1S/C19H22N4O4/c1-20-14-12-23(11-10-15(24)22(3)27-4)17(13-8-6-5-7-9-13)16(14)18(25)21(2)19(20)26/h5-9,12H,10-11H2,1-4H3. The number of carbonyl (C=O) groups is 1. The van der Waals surface area contributed by atoms with Crippen molar-refractivity contribution in [1.82, 2.24) is 18.8 Å². The van der Waals surface area contributed by atoms with Crippen LogP contribution < -0.4 is 11.2 Å². The number of hydroxylamine groups is 2. The highest BCUT2D eigenvalue weighted by Gasteiger charge is 2.20. The number of hydrogen-bond donors (Lipinski definition) is 0. The molecule has 1 aromatic carbocycles. The highest BCUT2D eigenvalue weighted by Crippen LogP contribution is 2.28. The summed E-state index contributed by atoms with van der Waals surface area (Å²) in [6.45, 7) is 0.350. The first-order valence-electron chi connectivity index (χ1n) is 8.51. The van der Waals surface area contributed by atoms with Gasteiger partial charge < -0.3 is 4.57 Å². The van der Waals surface area contributed by atoms with Gasteiger partial charge >= 0.3 is 5.69 Å². The van der Waals surface area contributed by atoms with Crippen molar-refractivity contribution in [3.8, 4) is 11.3 Å². The smallest absolute Gasteiger partial charge is 0.330 e. The van der Waals surface area contributed by atoms with Gasteiger partial charge in [-0.1, -0.05) is 30.3 Å². The van der Waals surface area contributed by atoms with Crippen molar-refractivity contribution in [3.63, 3.8) is 0 Å². The molecule has 0 saturated heterocycles. The van der Waals surface area contributed by atoms with Gasteiger partial charge in [0.1, 0.15) is 0 Å². The lowest BCUT2D eigenvalue weighted by Gasteiger charge is -2.15. The summed E-state index contributed by atoms with van der Waals surface area (Å²) in [7, 11) is 6.07. The van der Waals surface area contributed by atoms with E-state index in [2.05, 4.69) is 0 Å². The zero-order valence-corrected chi connectivity index (χ0v) is 15.8. The molecule has 8 nitrogen and oxygen atoms in total. The molecule has 0 aliphatic carbocycles. The molecule has 0 atom stereocenters. The number of aryl methyl sites for hydroxylation is 2. The van der Waals surface area contributed by atoms with Gasteiger partial charge in [0.15, 0.2) is 0 Å². The van der Waals surface area contributed by atoms with Gasteiger partial charge in [0.05, 0.1) is 23.7 Å². The van der Waals surface area contributed by atoms with Crippen LogP contribution in [-0.4, -0.2) is 38.8 Å². The van der Waals surface area contributed by atoms with Gasteiger partial charge in [-0.15, -0.1) is 0 Å². The minimum absolute atomic E-state index is 0.184. The van der Waals surface area contributed by atoms with Gasteiger partial charge in [-0.25, -0.2) is 9.86 Å². The molecule has 0 radical (unpaired) electrons. The first-order valence-corrected chi connectivity index (χ1v) is 8.51. The van der Waals surface area contributed by atoms with E-state index in [1.165, 1.54) is 23.8 Å². The zero-order chi connectivity index (χ0) is 19.7. The lowest BCUT2D eigenvalue weighted by Crippen LogP contribution is -2.36. The Kier molecular flexibility index (Phi) is 5.00. The van der Waals surface area contributed by atoms with Gasteiger partial charge in [-0.2, -0.15) is 0 Å². The third-order valence-corrected chi connectivity index (χ3v) is 4.75. The fourth-order valence-electron chi connectivity index (χ4n) is 3.15. The van der Waals surface area contributed by atoms with E-state index in [0.717, 1.165) is 10.1 Å². The summed E-state index contributed by atoms with van der Waals surface area (Å²) in [6.07, 6.45) is 1.94. The molecule has 3 rings (SSSR count). The Morgan fingerprint density at radius 1 is 1.11 bits per heavy atom. The lowest BCUT2D eigenvalue weighted by atomic mass is 10.1. The number of nitrogens with zero attached hydrogens (tertiary/aromatic N) is 4. The van der Waals surface area contributed by atoms with Crippen LogP contribution in [0.2, 0.25) is 0 Å². The monoisotopic (exact) mass is 370 g/mol. The summed E-state index contributed by atoms with van der Waals surface area (Å²) in [6, 6.07) is 9.46. The van der Waals surface area contributed by atoms with Crippen molar-refractivity contribution in [2.75, 3.05) is 14.2 Å². The summed E-state index contributed by atoms with van der Waals surface area (Å²) >= 11 is 0. The van der Waals surface area contributed by atoms with E-state index in [9.17, 15) is 14.4 Å². The topological polar surface area (TPSA) is 78.5 Å². The Hall–Kier alpha value is -3.13. The van der Waals surface area contributed by atoms with Crippen molar-refractivity contribution in [3.05, 3.63) is 57.4 Å². The number of carbonyl (C=O) groups excluding carboxylic acids is 1. The average Bonchev–Trinajstić information content (AvgIpc) is 3.08. The molecule has 2 aromatic heterocycles. The molecular weight excluding hydrogens is 348 g/mol. The first kappa shape index (κ1) is 18.7. The van der Waals surface area contributed by atoms with E-state index in [-0.39, 0.29) is 23.6 Å².